The van der Waals surface area contributed by atoms with Gasteiger partial charge >= 0.3 is 0 Å². The molecule has 0 aromatic heterocycles. The molecule has 0 aromatic carbocycles. The Morgan fingerprint density at radius 2 is 2.00 bits per heavy atom. The highest BCUT2D eigenvalue weighted by Gasteiger charge is 2.22. The highest BCUT2D eigenvalue weighted by Crippen LogP contribution is 2.17. The molecule has 62 valence electrons. The van der Waals surface area contributed by atoms with Gasteiger partial charge in [-0.2, -0.15) is 0 Å². The summed E-state index contributed by atoms with van der Waals surface area (Å²) in [6.07, 6.45) is 0. The van der Waals surface area contributed by atoms with Crippen molar-refractivity contribution in [2.24, 2.45) is 5.92 Å². The predicted octanol–water partition coefficient (Wildman–Crippen LogP) is 2.71. The lowest BCUT2D eigenvalue weighted by atomic mass is 10.3. The lowest BCUT2D eigenvalue weighted by Gasteiger charge is -2.22. The zero-order chi connectivity index (χ0) is 8.20. The summed E-state index contributed by atoms with van der Waals surface area (Å²) < 4.78 is 5.39. The Morgan fingerprint density at radius 3 is 2.30 bits per heavy atom. The van der Waals surface area contributed by atoms with E-state index in [0.29, 0.717) is 5.92 Å². The van der Waals surface area contributed by atoms with Crippen LogP contribution < -0.4 is 0 Å². The summed E-state index contributed by atoms with van der Waals surface area (Å²) >= 11 is 5.68. The average molecular weight is 181 g/mol. The van der Waals surface area contributed by atoms with Crippen LogP contribution in [0.3, 0.4) is 0 Å². The molecule has 1 atom stereocenters. The molecule has 0 aliphatic carbocycles. The summed E-state index contributed by atoms with van der Waals surface area (Å²) in [6.45, 7) is 6.60. The van der Waals surface area contributed by atoms with Crippen LogP contribution in [0.15, 0.2) is 0 Å². The van der Waals surface area contributed by atoms with Gasteiger partial charge in [0.2, 0.25) is 0 Å². The number of rotatable bonds is 4. The van der Waals surface area contributed by atoms with E-state index < -0.39 is 8.32 Å². The molecular formula is C7H17ClOSi. The Morgan fingerprint density at radius 1 is 1.50 bits per heavy atom. The van der Waals surface area contributed by atoms with Crippen LogP contribution in [0, 0.1) is 5.92 Å². The van der Waals surface area contributed by atoms with Gasteiger partial charge in [0.05, 0.1) is 0 Å². The first-order chi connectivity index (χ1) is 4.52. The van der Waals surface area contributed by atoms with Gasteiger partial charge in [-0.3, -0.25) is 0 Å². The van der Waals surface area contributed by atoms with E-state index in [9.17, 15) is 0 Å². The molecule has 0 heterocycles. The molecule has 0 aliphatic rings. The van der Waals surface area contributed by atoms with Crippen LogP contribution in [0.25, 0.3) is 0 Å². The van der Waals surface area contributed by atoms with Crippen molar-refractivity contribution in [2.75, 3.05) is 13.0 Å². The van der Waals surface area contributed by atoms with Gasteiger partial charge in [0.25, 0.3) is 0 Å². The second-order valence-electron chi connectivity index (χ2n) is 3.43. The fourth-order valence-electron chi connectivity index (χ4n) is 0.977. The molecule has 0 amide bonds. The summed E-state index contributed by atoms with van der Waals surface area (Å²) in [6, 6.07) is 1.16. The van der Waals surface area contributed by atoms with E-state index in [-0.39, 0.29) is 0 Å². The molecule has 0 saturated heterocycles. The van der Waals surface area contributed by atoms with E-state index in [4.69, 9.17) is 16.0 Å². The fraction of sp³-hybridized carbons (Fsp3) is 1.00. The number of halogens is 1. The molecule has 0 spiro atoms. The van der Waals surface area contributed by atoms with Crippen molar-refractivity contribution < 1.29 is 4.43 Å². The second kappa shape index (κ2) is 4.37. The third-order valence-electron chi connectivity index (χ3n) is 1.66. The predicted molar refractivity (Wildman–Crippen MR) is 49.2 cm³/mol. The molecule has 0 aliphatic heterocycles. The zero-order valence-electron chi connectivity index (χ0n) is 7.28. The SMILES string of the molecule is CO[Si](C)(C)C[C@H](C)CCl. The van der Waals surface area contributed by atoms with E-state index >= 15 is 0 Å². The van der Waals surface area contributed by atoms with E-state index in [1.54, 1.807) is 7.11 Å². The van der Waals surface area contributed by atoms with Crippen LogP contribution in [-0.2, 0) is 4.43 Å². The number of hydrogen-bond donors (Lipinski definition) is 0. The minimum absolute atomic E-state index is 0.600. The normalized spacial score (nSPS) is 15.3. The van der Waals surface area contributed by atoms with Crippen molar-refractivity contribution in [2.45, 2.75) is 26.1 Å². The fourth-order valence-corrected chi connectivity index (χ4v) is 3.26. The lowest BCUT2D eigenvalue weighted by molar-refractivity contribution is 0.396. The summed E-state index contributed by atoms with van der Waals surface area (Å²) in [5.41, 5.74) is 0. The van der Waals surface area contributed by atoms with Gasteiger partial charge in [0, 0.05) is 13.0 Å². The summed E-state index contributed by atoms with van der Waals surface area (Å²) in [5, 5.41) is 0. The van der Waals surface area contributed by atoms with Gasteiger partial charge in [-0.05, 0) is 25.1 Å². The average Bonchev–Trinajstić information content (AvgIpc) is 1.87. The standard InChI is InChI=1S/C7H17ClOSi/c1-7(5-8)6-10(3,4)9-2/h7H,5-6H2,1-4H3/t7-/m1/s1. The highest BCUT2D eigenvalue weighted by atomic mass is 35.5. The van der Waals surface area contributed by atoms with E-state index in [2.05, 4.69) is 20.0 Å². The number of hydrogen-bond acceptors (Lipinski definition) is 1. The minimum atomic E-state index is -1.35. The number of alkyl halides is 1. The van der Waals surface area contributed by atoms with Gasteiger partial charge in [-0.25, -0.2) is 0 Å². The van der Waals surface area contributed by atoms with Gasteiger partial charge in [-0.1, -0.05) is 6.92 Å². The van der Waals surface area contributed by atoms with Crippen molar-refractivity contribution in [1.29, 1.82) is 0 Å². The first kappa shape index (κ1) is 10.5. The minimum Gasteiger partial charge on any atom is -0.420 e. The maximum Gasteiger partial charge on any atom is 0.186 e. The Balaban J connectivity index is 3.64. The second-order valence-corrected chi connectivity index (χ2v) is 8.07. The Hall–Kier alpha value is 0.467. The largest absolute Gasteiger partial charge is 0.420 e. The van der Waals surface area contributed by atoms with Gasteiger partial charge in [-0.15, -0.1) is 11.6 Å². The van der Waals surface area contributed by atoms with Crippen molar-refractivity contribution in [3.63, 3.8) is 0 Å². The summed E-state index contributed by atoms with van der Waals surface area (Å²) in [7, 11) is 0.453. The van der Waals surface area contributed by atoms with Gasteiger partial charge in [0.15, 0.2) is 8.32 Å². The van der Waals surface area contributed by atoms with Gasteiger partial charge < -0.3 is 4.43 Å². The third-order valence-corrected chi connectivity index (χ3v) is 4.97. The molecule has 0 aromatic rings. The van der Waals surface area contributed by atoms with E-state index in [1.165, 1.54) is 0 Å². The maximum atomic E-state index is 5.68. The molecule has 0 N–H and O–H groups in total. The Kier molecular flexibility index (Phi) is 4.57. The summed E-state index contributed by atoms with van der Waals surface area (Å²) in [4.78, 5) is 0. The molecule has 0 bridgehead atoms. The Labute approximate surface area is 69.9 Å². The third kappa shape index (κ3) is 4.31. The molecular weight excluding hydrogens is 164 g/mol. The Bertz CT molecular complexity index is 95.6. The first-order valence-electron chi connectivity index (χ1n) is 3.63. The first-order valence-corrected chi connectivity index (χ1v) is 7.28. The molecule has 0 fully saturated rings. The molecule has 0 rings (SSSR count). The van der Waals surface area contributed by atoms with Crippen molar-refractivity contribution in [3.8, 4) is 0 Å². The summed E-state index contributed by atoms with van der Waals surface area (Å²) in [5.74, 6) is 1.35. The molecule has 0 radical (unpaired) electrons. The van der Waals surface area contributed by atoms with Crippen LogP contribution in [0.5, 0.6) is 0 Å². The topological polar surface area (TPSA) is 9.23 Å². The lowest BCUT2D eigenvalue weighted by Crippen LogP contribution is -2.30. The van der Waals surface area contributed by atoms with Crippen molar-refractivity contribution >= 4 is 19.9 Å². The molecule has 1 nitrogen and oxygen atoms in total. The van der Waals surface area contributed by atoms with Gasteiger partial charge in [0.1, 0.15) is 0 Å². The molecule has 3 heteroatoms. The van der Waals surface area contributed by atoms with Crippen LogP contribution >= 0.6 is 11.6 Å². The highest BCUT2D eigenvalue weighted by molar-refractivity contribution is 6.71. The zero-order valence-corrected chi connectivity index (χ0v) is 9.03. The molecule has 0 unspecified atom stereocenters. The smallest absolute Gasteiger partial charge is 0.186 e. The van der Waals surface area contributed by atoms with E-state index in [1.807, 2.05) is 0 Å². The molecule has 10 heavy (non-hydrogen) atoms. The quantitative estimate of drug-likeness (QED) is 0.478. The van der Waals surface area contributed by atoms with E-state index in [0.717, 1.165) is 11.9 Å². The van der Waals surface area contributed by atoms with Crippen LogP contribution in [0.2, 0.25) is 19.1 Å². The van der Waals surface area contributed by atoms with Crippen molar-refractivity contribution in [1.82, 2.24) is 0 Å². The molecule has 0 saturated carbocycles. The van der Waals surface area contributed by atoms with Crippen LogP contribution in [-0.4, -0.2) is 21.3 Å². The van der Waals surface area contributed by atoms with Crippen LogP contribution in [0.1, 0.15) is 6.92 Å². The van der Waals surface area contributed by atoms with Crippen molar-refractivity contribution in [3.05, 3.63) is 0 Å². The monoisotopic (exact) mass is 180 g/mol. The van der Waals surface area contributed by atoms with Crippen LogP contribution in [0.4, 0.5) is 0 Å². The maximum absolute atomic E-state index is 5.68.